The number of benzene rings is 6. The monoisotopic (exact) mass is 681 g/mol. The van der Waals surface area contributed by atoms with E-state index in [0.717, 1.165) is 42.4 Å². The molecule has 1 aromatic heterocycles. The fourth-order valence-corrected chi connectivity index (χ4v) is 9.25. The van der Waals surface area contributed by atoms with Gasteiger partial charge in [0.15, 0.2) is 0 Å². The van der Waals surface area contributed by atoms with Crippen LogP contribution in [0.4, 0.5) is 11.4 Å². The zero-order chi connectivity index (χ0) is 35.7. The van der Waals surface area contributed by atoms with E-state index in [2.05, 4.69) is 169 Å². The number of allylic oxidation sites excluding steroid dienone is 8. The fraction of sp³-hybridized carbons (Fsp3) is 0.140. The van der Waals surface area contributed by atoms with Crippen LogP contribution in [0.15, 0.2) is 163 Å². The Morgan fingerprint density at radius 3 is 2.23 bits per heavy atom. The Labute approximate surface area is 310 Å². The van der Waals surface area contributed by atoms with Gasteiger partial charge in [-0.2, -0.15) is 5.26 Å². The number of para-hydroxylation sites is 1. The highest BCUT2D eigenvalue weighted by Gasteiger charge is 2.38. The minimum Gasteiger partial charge on any atom is -0.314 e. The number of nitriles is 1. The largest absolute Gasteiger partial charge is 0.314 e. The molecule has 6 aromatic carbocycles. The van der Waals surface area contributed by atoms with Crippen molar-refractivity contribution < 1.29 is 0 Å². The second kappa shape index (κ2) is 12.1. The summed E-state index contributed by atoms with van der Waals surface area (Å²) in [5.41, 5.74) is 16.0. The average molecular weight is 682 g/mol. The molecule has 0 atom stereocenters. The van der Waals surface area contributed by atoms with Crippen molar-refractivity contribution in [1.82, 2.24) is 4.57 Å². The normalized spacial score (nSPS) is 16.0. The molecule has 0 saturated heterocycles. The number of fused-ring (bicyclic) bond motifs is 7. The van der Waals surface area contributed by atoms with Crippen molar-refractivity contribution in [2.45, 2.75) is 44.9 Å². The van der Waals surface area contributed by atoms with Gasteiger partial charge in [-0.1, -0.05) is 111 Å². The van der Waals surface area contributed by atoms with Gasteiger partial charge < -0.3 is 9.47 Å². The van der Waals surface area contributed by atoms with Gasteiger partial charge in [0.25, 0.3) is 0 Å². The van der Waals surface area contributed by atoms with Crippen molar-refractivity contribution >= 4 is 55.1 Å². The molecule has 10 rings (SSSR count). The lowest BCUT2D eigenvalue weighted by Gasteiger charge is -2.32. The van der Waals surface area contributed by atoms with E-state index < -0.39 is 0 Å². The summed E-state index contributed by atoms with van der Waals surface area (Å²) in [7, 11) is 0. The van der Waals surface area contributed by atoms with Gasteiger partial charge in [-0.25, -0.2) is 0 Å². The van der Waals surface area contributed by atoms with Crippen LogP contribution in [0.1, 0.15) is 61.8 Å². The van der Waals surface area contributed by atoms with Crippen LogP contribution in [-0.4, -0.2) is 4.57 Å². The third kappa shape index (κ3) is 4.86. The second-order valence-corrected chi connectivity index (χ2v) is 15.1. The highest BCUT2D eigenvalue weighted by Crippen LogP contribution is 2.52. The third-order valence-electron chi connectivity index (χ3n) is 11.8. The van der Waals surface area contributed by atoms with E-state index in [1.54, 1.807) is 0 Å². The van der Waals surface area contributed by atoms with Gasteiger partial charge in [0.1, 0.15) is 0 Å². The van der Waals surface area contributed by atoms with Gasteiger partial charge in [-0.05, 0) is 119 Å². The van der Waals surface area contributed by atoms with Crippen LogP contribution in [0, 0.1) is 11.3 Å². The summed E-state index contributed by atoms with van der Waals surface area (Å²) in [6.45, 7) is 4.79. The predicted octanol–water partition coefficient (Wildman–Crippen LogP) is 13.1. The standard InChI is InChI=1S/C50H39N3/c1-50(2)44-18-10-8-14-39(44)40-29-28-38(30-45(40)50)52(36-26-22-35(23-27-36)34-12-4-3-5-13-34)47-31-48-49(42-16-7-6-15-41(42)47)43-17-9-11-19-46(43)53(48)37-24-20-33(32-51)21-25-37/h3-7,9-13,15-22,24-26,28-31H,8,14,23,27H2,1-2H3. The molecule has 0 aliphatic heterocycles. The summed E-state index contributed by atoms with van der Waals surface area (Å²) in [6, 6.07) is 48.3. The number of hydrogen-bond acceptors (Lipinski definition) is 2. The molecule has 1 heterocycles. The molecule has 0 saturated carbocycles. The van der Waals surface area contributed by atoms with Crippen LogP contribution in [0.3, 0.4) is 0 Å². The van der Waals surface area contributed by atoms with Crippen molar-refractivity contribution in [3.63, 3.8) is 0 Å². The van der Waals surface area contributed by atoms with Gasteiger partial charge in [0, 0.05) is 38.6 Å². The smallest absolute Gasteiger partial charge is 0.0991 e. The Bertz CT molecular complexity index is 2800. The van der Waals surface area contributed by atoms with Crippen molar-refractivity contribution in [2.24, 2.45) is 0 Å². The molecule has 7 aromatic rings. The number of hydrogen-bond donors (Lipinski definition) is 0. The van der Waals surface area contributed by atoms with Crippen molar-refractivity contribution in [3.05, 3.63) is 185 Å². The molecule has 0 fully saturated rings. The lowest BCUT2D eigenvalue weighted by atomic mass is 9.80. The molecule has 3 aliphatic carbocycles. The van der Waals surface area contributed by atoms with E-state index in [1.807, 2.05) is 12.1 Å². The molecule has 0 bridgehead atoms. The Morgan fingerprint density at radius 2 is 1.45 bits per heavy atom. The first-order valence-electron chi connectivity index (χ1n) is 18.8. The molecule has 0 radical (unpaired) electrons. The molecule has 254 valence electrons. The highest BCUT2D eigenvalue weighted by molar-refractivity contribution is 6.24. The summed E-state index contributed by atoms with van der Waals surface area (Å²) in [6.07, 6.45) is 13.5. The van der Waals surface area contributed by atoms with Crippen LogP contribution < -0.4 is 4.90 Å². The van der Waals surface area contributed by atoms with Crippen molar-refractivity contribution in [1.29, 1.82) is 5.26 Å². The van der Waals surface area contributed by atoms with E-state index in [1.165, 1.54) is 72.0 Å². The van der Waals surface area contributed by atoms with Crippen LogP contribution >= 0.6 is 0 Å². The molecule has 0 spiro atoms. The predicted molar refractivity (Wildman–Crippen MR) is 222 cm³/mol. The zero-order valence-corrected chi connectivity index (χ0v) is 30.1. The summed E-state index contributed by atoms with van der Waals surface area (Å²) >= 11 is 0. The minimum absolute atomic E-state index is 0.0708. The van der Waals surface area contributed by atoms with Crippen molar-refractivity contribution in [3.8, 4) is 11.8 Å². The summed E-state index contributed by atoms with van der Waals surface area (Å²) in [4.78, 5) is 2.55. The Kier molecular flexibility index (Phi) is 7.17. The lowest BCUT2D eigenvalue weighted by molar-refractivity contribution is 0.651. The first-order chi connectivity index (χ1) is 26.0. The van der Waals surface area contributed by atoms with Gasteiger partial charge in [-0.15, -0.1) is 0 Å². The van der Waals surface area contributed by atoms with E-state index >= 15 is 0 Å². The number of rotatable bonds is 5. The average Bonchev–Trinajstić information content (AvgIpc) is 3.67. The number of nitrogens with zero attached hydrogens (tertiary/aromatic N) is 3. The molecule has 3 heteroatoms. The quantitative estimate of drug-likeness (QED) is 0.181. The van der Waals surface area contributed by atoms with E-state index in [9.17, 15) is 5.26 Å². The molecular weight excluding hydrogens is 643 g/mol. The second-order valence-electron chi connectivity index (χ2n) is 15.1. The van der Waals surface area contributed by atoms with Crippen molar-refractivity contribution in [2.75, 3.05) is 4.90 Å². The van der Waals surface area contributed by atoms with Gasteiger partial charge >= 0.3 is 0 Å². The first-order valence-corrected chi connectivity index (χ1v) is 18.8. The Morgan fingerprint density at radius 1 is 0.698 bits per heavy atom. The zero-order valence-electron chi connectivity index (χ0n) is 30.1. The molecule has 53 heavy (non-hydrogen) atoms. The SMILES string of the molecule is CC1(C)C2=C(CCC=C2)c2ccc(N(C3=CC=C(c4ccccc4)CC3)c3cc4c(c5ccccc35)c3ccccc3n4-c3ccc(C#N)cc3)cc21. The van der Waals surface area contributed by atoms with Gasteiger partial charge in [-0.3, -0.25) is 0 Å². The highest BCUT2D eigenvalue weighted by atomic mass is 15.2. The van der Waals surface area contributed by atoms with E-state index in [-0.39, 0.29) is 5.41 Å². The van der Waals surface area contributed by atoms with Gasteiger partial charge in [0.2, 0.25) is 0 Å². The van der Waals surface area contributed by atoms with Crippen LogP contribution in [0.5, 0.6) is 0 Å². The number of aromatic nitrogens is 1. The Hall–Kier alpha value is -6.37. The topological polar surface area (TPSA) is 32.0 Å². The van der Waals surface area contributed by atoms with E-state index in [4.69, 9.17) is 0 Å². The molecular formula is C50H39N3. The fourth-order valence-electron chi connectivity index (χ4n) is 9.25. The summed E-state index contributed by atoms with van der Waals surface area (Å²) in [5, 5.41) is 14.5. The molecule has 3 aliphatic rings. The molecule has 0 N–H and O–H groups in total. The van der Waals surface area contributed by atoms with Crippen LogP contribution in [0.2, 0.25) is 0 Å². The van der Waals surface area contributed by atoms with Gasteiger partial charge in [0.05, 0.1) is 28.4 Å². The summed E-state index contributed by atoms with van der Waals surface area (Å²) in [5.74, 6) is 0. The third-order valence-corrected chi connectivity index (χ3v) is 11.8. The van der Waals surface area contributed by atoms with Crippen LogP contribution in [-0.2, 0) is 5.41 Å². The molecule has 3 nitrogen and oxygen atoms in total. The maximum absolute atomic E-state index is 9.61. The first kappa shape index (κ1) is 31.4. The molecule has 0 unspecified atom stereocenters. The minimum atomic E-state index is -0.0708. The lowest BCUT2D eigenvalue weighted by Crippen LogP contribution is -2.21. The molecule has 0 amide bonds. The van der Waals surface area contributed by atoms with E-state index in [0.29, 0.717) is 5.56 Å². The van der Waals surface area contributed by atoms with Crippen LogP contribution in [0.25, 0.3) is 49.4 Å². The number of anilines is 2. The summed E-state index contributed by atoms with van der Waals surface area (Å²) < 4.78 is 2.37. The maximum atomic E-state index is 9.61. The Balaban J connectivity index is 1.25. The maximum Gasteiger partial charge on any atom is 0.0991 e.